The van der Waals surface area contributed by atoms with Crippen molar-refractivity contribution in [3.05, 3.63) is 202 Å². The lowest BCUT2D eigenvalue weighted by Crippen LogP contribution is -2.10. The van der Waals surface area contributed by atoms with E-state index in [1.807, 2.05) is 24.3 Å². The Morgan fingerprint density at radius 3 is 2.02 bits per heavy atom. The molecule has 0 spiro atoms. The molecule has 3 aliphatic carbocycles. The van der Waals surface area contributed by atoms with E-state index < -0.39 is 0 Å². The normalized spacial score (nSPS) is 18.5. The van der Waals surface area contributed by atoms with Crippen LogP contribution >= 0.6 is 0 Å². The molecule has 5 aromatic carbocycles. The molecule has 0 saturated carbocycles. The van der Waals surface area contributed by atoms with Gasteiger partial charge in [-0.05, 0) is 124 Å². The van der Waals surface area contributed by atoms with E-state index in [4.69, 9.17) is 4.42 Å². The third-order valence-electron chi connectivity index (χ3n) is 10.6. The highest BCUT2D eigenvalue weighted by Crippen LogP contribution is 2.40. The second-order valence-electron chi connectivity index (χ2n) is 13.9. The smallest absolute Gasteiger partial charge is 0.200 e. The van der Waals surface area contributed by atoms with Crippen molar-refractivity contribution < 1.29 is 4.42 Å². The Bertz CT molecular complexity index is 2540. The molecule has 3 aliphatic rings. The summed E-state index contributed by atoms with van der Waals surface area (Å²) in [6, 6.07) is 40.2. The predicted molar refractivity (Wildman–Crippen MR) is 213 cm³/mol. The minimum absolute atomic E-state index is 0.000514. The summed E-state index contributed by atoms with van der Waals surface area (Å²) in [6.45, 7) is 0. The Hall–Kier alpha value is -5.99. The molecule has 9 rings (SSSR count). The molecule has 0 fully saturated rings. The lowest BCUT2D eigenvalue weighted by atomic mass is 9.78. The van der Waals surface area contributed by atoms with Crippen LogP contribution in [0.15, 0.2) is 185 Å². The molecule has 0 saturated heterocycles. The summed E-state index contributed by atoms with van der Waals surface area (Å²) in [5, 5.41) is 1.21. The van der Waals surface area contributed by atoms with Crippen LogP contribution in [0.25, 0.3) is 55.3 Å². The lowest BCUT2D eigenvalue weighted by Gasteiger charge is -2.26. The van der Waals surface area contributed by atoms with E-state index in [0.717, 1.165) is 47.9 Å². The summed E-state index contributed by atoms with van der Waals surface area (Å²) < 4.78 is 6.41. The zero-order chi connectivity index (χ0) is 34.1. The highest BCUT2D eigenvalue weighted by Gasteiger charge is 2.23. The van der Waals surface area contributed by atoms with Crippen molar-refractivity contribution in [2.24, 2.45) is 5.92 Å². The number of hydrogen-bond acceptors (Lipinski definition) is 2. The van der Waals surface area contributed by atoms with E-state index >= 15 is 0 Å². The van der Waals surface area contributed by atoms with Crippen molar-refractivity contribution >= 4 is 33.1 Å². The fourth-order valence-corrected chi connectivity index (χ4v) is 7.83. The number of benzene rings is 5. The van der Waals surface area contributed by atoms with E-state index in [2.05, 4.69) is 146 Å². The first kappa shape index (κ1) is 31.0. The van der Waals surface area contributed by atoms with Gasteiger partial charge in [0, 0.05) is 11.8 Å². The van der Waals surface area contributed by atoms with Crippen LogP contribution in [0.5, 0.6) is 0 Å². The topological polar surface area (TPSA) is 30.2 Å². The zero-order valence-corrected chi connectivity index (χ0v) is 28.5. The minimum atomic E-state index is -0.000514. The summed E-state index contributed by atoms with van der Waals surface area (Å²) in [5.74, 6) is 0.610. The maximum Gasteiger partial charge on any atom is 0.200 e. The summed E-state index contributed by atoms with van der Waals surface area (Å²) in [5.41, 5.74) is 13.0. The van der Waals surface area contributed by atoms with Crippen molar-refractivity contribution in [2.45, 2.75) is 31.6 Å². The second-order valence-corrected chi connectivity index (χ2v) is 13.9. The van der Waals surface area contributed by atoms with Gasteiger partial charge in [0.15, 0.2) is 0 Å². The quantitative estimate of drug-likeness (QED) is 0.167. The van der Waals surface area contributed by atoms with E-state index in [0.29, 0.717) is 27.9 Å². The van der Waals surface area contributed by atoms with Crippen molar-refractivity contribution in [3.63, 3.8) is 0 Å². The fraction of sp³-hybridized carbons (Fsp3) is 0.122. The van der Waals surface area contributed by atoms with Crippen molar-refractivity contribution in [2.75, 3.05) is 0 Å². The molecule has 1 heterocycles. The van der Waals surface area contributed by atoms with Crippen LogP contribution in [0, 0.1) is 5.92 Å². The van der Waals surface area contributed by atoms with E-state index in [1.54, 1.807) is 0 Å². The number of allylic oxidation sites excluding steroid dienone is 12. The van der Waals surface area contributed by atoms with Gasteiger partial charge < -0.3 is 4.42 Å². The molecule has 0 aliphatic heterocycles. The molecule has 2 unspecified atom stereocenters. The van der Waals surface area contributed by atoms with Crippen LogP contribution in [-0.4, -0.2) is 0 Å². The first-order chi connectivity index (χ1) is 25.2. The highest BCUT2D eigenvalue weighted by atomic mass is 16.3. The van der Waals surface area contributed by atoms with Gasteiger partial charge in [0.2, 0.25) is 5.43 Å². The highest BCUT2D eigenvalue weighted by molar-refractivity contribution is 5.94. The first-order valence-corrected chi connectivity index (χ1v) is 18.1. The summed E-state index contributed by atoms with van der Waals surface area (Å²) in [4.78, 5) is 14.4. The molecule has 1 aromatic heterocycles. The third kappa shape index (κ3) is 6.19. The standard InChI is InChI=1S/C49H38O2/c50-49-45-31-37(43-27-39(33-13-5-1-6-14-33)25-40(28-43)34-15-7-2-8-16-34)21-23-47(45)51-48-24-22-38(32-46(48)49)44-29-41(35-17-9-3-10-18-35)26-42(30-44)36-19-11-4-12-20-36/h1-3,5-11,13-15,17-26,28-32,34,39H,4,12,16,27H2. The SMILES string of the molecule is O=c1c2cc(C3=CC(C4C=CC=CC4)=CC(c4ccccc4)C3)ccc2oc2ccc(-c3cc(C4=CCCC=C4)cc(-c4ccccc4)c3)cc12. The first-order valence-electron chi connectivity index (χ1n) is 18.1. The van der Waals surface area contributed by atoms with Crippen LogP contribution in [0.3, 0.4) is 0 Å². The summed E-state index contributed by atoms with van der Waals surface area (Å²) in [7, 11) is 0. The average Bonchev–Trinajstić information content (AvgIpc) is 3.22. The van der Waals surface area contributed by atoms with Crippen molar-refractivity contribution in [3.8, 4) is 22.3 Å². The van der Waals surface area contributed by atoms with Gasteiger partial charge in [0.25, 0.3) is 0 Å². The Morgan fingerprint density at radius 1 is 0.588 bits per heavy atom. The van der Waals surface area contributed by atoms with E-state index in [-0.39, 0.29) is 11.3 Å². The summed E-state index contributed by atoms with van der Waals surface area (Å²) >= 11 is 0. The van der Waals surface area contributed by atoms with Crippen molar-refractivity contribution in [1.29, 1.82) is 0 Å². The second kappa shape index (κ2) is 13.4. The fourth-order valence-electron chi connectivity index (χ4n) is 7.83. The number of rotatable bonds is 6. The average molecular weight is 659 g/mol. The molecule has 0 bridgehead atoms. The Balaban J connectivity index is 1.14. The lowest BCUT2D eigenvalue weighted by molar-refractivity contribution is 0.660. The molecule has 2 nitrogen and oxygen atoms in total. The third-order valence-corrected chi connectivity index (χ3v) is 10.6. The van der Waals surface area contributed by atoms with Gasteiger partial charge in [-0.2, -0.15) is 0 Å². The maximum absolute atomic E-state index is 14.4. The molecule has 6 aromatic rings. The maximum atomic E-state index is 14.4. The molecule has 0 N–H and O–H groups in total. The monoisotopic (exact) mass is 658 g/mol. The Labute approximate surface area is 298 Å². The molecule has 246 valence electrons. The van der Waals surface area contributed by atoms with Gasteiger partial charge >= 0.3 is 0 Å². The number of hydrogen-bond donors (Lipinski definition) is 0. The van der Waals surface area contributed by atoms with E-state index in [1.165, 1.54) is 33.4 Å². The molecular formula is C49H38O2. The molecule has 51 heavy (non-hydrogen) atoms. The Kier molecular flexibility index (Phi) is 8.14. The van der Waals surface area contributed by atoms with Gasteiger partial charge in [-0.25, -0.2) is 0 Å². The molecular weight excluding hydrogens is 621 g/mol. The predicted octanol–water partition coefficient (Wildman–Crippen LogP) is 12.6. The van der Waals surface area contributed by atoms with Crippen LogP contribution in [-0.2, 0) is 0 Å². The summed E-state index contributed by atoms with van der Waals surface area (Å²) in [6.07, 6.45) is 24.4. The molecule has 0 radical (unpaired) electrons. The zero-order valence-electron chi connectivity index (χ0n) is 28.5. The van der Waals surface area contributed by atoms with Crippen molar-refractivity contribution in [1.82, 2.24) is 0 Å². The van der Waals surface area contributed by atoms with Gasteiger partial charge in [-0.1, -0.05) is 127 Å². The van der Waals surface area contributed by atoms with Gasteiger partial charge in [0.05, 0.1) is 10.8 Å². The van der Waals surface area contributed by atoms with Crippen LogP contribution < -0.4 is 5.43 Å². The number of fused-ring (bicyclic) bond motifs is 2. The molecule has 2 atom stereocenters. The van der Waals surface area contributed by atoms with Crippen LogP contribution in [0.4, 0.5) is 0 Å². The molecule has 0 amide bonds. The van der Waals surface area contributed by atoms with Crippen LogP contribution in [0.2, 0.25) is 0 Å². The van der Waals surface area contributed by atoms with Gasteiger partial charge in [0.1, 0.15) is 11.2 Å². The van der Waals surface area contributed by atoms with Gasteiger partial charge in [-0.3, -0.25) is 4.79 Å². The van der Waals surface area contributed by atoms with Crippen LogP contribution in [0.1, 0.15) is 48.3 Å². The molecule has 2 heteroatoms. The minimum Gasteiger partial charge on any atom is -0.456 e. The van der Waals surface area contributed by atoms with Gasteiger partial charge in [-0.15, -0.1) is 0 Å². The largest absolute Gasteiger partial charge is 0.456 e. The van der Waals surface area contributed by atoms with E-state index in [9.17, 15) is 4.79 Å². The Morgan fingerprint density at radius 2 is 1.29 bits per heavy atom.